The molecule has 0 nitrogen and oxygen atoms in total. The lowest BCUT2D eigenvalue weighted by Gasteiger charge is -2.26. The van der Waals surface area contributed by atoms with Gasteiger partial charge in [-0.25, -0.2) is 4.39 Å². The van der Waals surface area contributed by atoms with Gasteiger partial charge in [0, 0.05) is 16.5 Å². The van der Waals surface area contributed by atoms with E-state index in [0.717, 1.165) is 53.2 Å². The number of rotatable bonds is 10. The second-order valence-corrected chi connectivity index (χ2v) is 10.6. The van der Waals surface area contributed by atoms with Crippen LogP contribution in [0.25, 0.3) is 10.8 Å². The Kier molecular flexibility index (Phi) is 9.80. The monoisotopic (exact) mass is 480 g/mol. The lowest BCUT2D eigenvalue weighted by molar-refractivity contribution is 0.296. The number of allylic oxidation sites excluding steroid dienone is 1. The summed E-state index contributed by atoms with van der Waals surface area (Å²) in [5, 5.41) is 1.63. The van der Waals surface area contributed by atoms with Gasteiger partial charge < -0.3 is 0 Å². The molecular weight excluding hydrogens is 439 g/mol. The molecule has 0 radical (unpaired) electrons. The Hall–Kier alpha value is -2.85. The molecular formula is C35H41F. The molecule has 1 aliphatic carbocycles. The van der Waals surface area contributed by atoms with Gasteiger partial charge in [0.15, 0.2) is 0 Å². The van der Waals surface area contributed by atoms with Crippen molar-refractivity contribution in [2.75, 3.05) is 0 Å². The second kappa shape index (κ2) is 13.5. The van der Waals surface area contributed by atoms with Crippen LogP contribution in [0.4, 0.5) is 4.39 Å². The van der Waals surface area contributed by atoms with Gasteiger partial charge in [-0.05, 0) is 104 Å². The molecule has 0 aliphatic heterocycles. The SMILES string of the molecule is C=CC1CCC(CCc2ccc(C#Cc3ccc4c(F)c(CCCCCCC)ccc4c3)cc2)CC1. The first kappa shape index (κ1) is 26.2. The quantitative estimate of drug-likeness (QED) is 0.154. The van der Waals surface area contributed by atoms with E-state index in [1.54, 1.807) is 0 Å². The number of unbranched alkanes of at least 4 members (excludes halogenated alkanes) is 4. The highest BCUT2D eigenvalue weighted by atomic mass is 19.1. The van der Waals surface area contributed by atoms with Crippen molar-refractivity contribution in [2.45, 2.75) is 84.0 Å². The Morgan fingerprint density at radius 2 is 1.56 bits per heavy atom. The molecule has 4 rings (SSSR count). The molecule has 0 saturated heterocycles. The third-order valence-corrected chi connectivity index (χ3v) is 7.95. The summed E-state index contributed by atoms with van der Waals surface area (Å²) in [5.41, 5.74) is 4.18. The molecule has 0 amide bonds. The highest BCUT2D eigenvalue weighted by Crippen LogP contribution is 2.32. The van der Waals surface area contributed by atoms with Crippen molar-refractivity contribution < 1.29 is 4.39 Å². The molecule has 1 aliphatic rings. The Bertz CT molecular complexity index is 1180. The van der Waals surface area contributed by atoms with Gasteiger partial charge in [-0.3, -0.25) is 0 Å². The highest BCUT2D eigenvalue weighted by Gasteiger charge is 2.18. The fourth-order valence-electron chi connectivity index (χ4n) is 5.51. The van der Waals surface area contributed by atoms with Gasteiger partial charge in [-0.15, -0.1) is 6.58 Å². The topological polar surface area (TPSA) is 0 Å². The number of benzene rings is 3. The molecule has 3 aromatic rings. The van der Waals surface area contributed by atoms with Crippen LogP contribution in [0.1, 0.15) is 93.4 Å². The molecule has 188 valence electrons. The summed E-state index contributed by atoms with van der Waals surface area (Å²) in [5.74, 6) is 8.10. The van der Waals surface area contributed by atoms with Crippen LogP contribution in [-0.2, 0) is 12.8 Å². The van der Waals surface area contributed by atoms with Crippen LogP contribution in [0.15, 0.2) is 67.3 Å². The van der Waals surface area contributed by atoms with Gasteiger partial charge in [-0.2, -0.15) is 0 Å². The van der Waals surface area contributed by atoms with Crippen molar-refractivity contribution in [1.29, 1.82) is 0 Å². The van der Waals surface area contributed by atoms with E-state index in [4.69, 9.17) is 0 Å². The predicted octanol–water partition coefficient (Wildman–Crippen LogP) is 9.82. The number of aryl methyl sites for hydroxylation is 2. The third kappa shape index (κ3) is 7.33. The van der Waals surface area contributed by atoms with Crippen molar-refractivity contribution in [1.82, 2.24) is 0 Å². The minimum atomic E-state index is -0.0631. The Balaban J connectivity index is 1.32. The van der Waals surface area contributed by atoms with Gasteiger partial charge in [0.2, 0.25) is 0 Å². The summed E-state index contributed by atoms with van der Waals surface area (Å²) >= 11 is 0. The van der Waals surface area contributed by atoms with Crippen LogP contribution >= 0.6 is 0 Å². The van der Waals surface area contributed by atoms with Crippen molar-refractivity contribution in [3.05, 3.63) is 95.3 Å². The molecule has 0 bridgehead atoms. The van der Waals surface area contributed by atoms with Crippen LogP contribution in [0.5, 0.6) is 0 Å². The normalized spacial score (nSPS) is 17.5. The molecule has 0 aromatic heterocycles. The Labute approximate surface area is 218 Å². The van der Waals surface area contributed by atoms with Crippen molar-refractivity contribution in [3.63, 3.8) is 0 Å². The number of halogens is 1. The van der Waals surface area contributed by atoms with E-state index in [-0.39, 0.29) is 5.82 Å². The highest BCUT2D eigenvalue weighted by molar-refractivity contribution is 5.85. The number of fused-ring (bicyclic) bond motifs is 1. The standard InChI is InChI=1S/C35H41F/c1-3-5-6-7-8-9-32-23-24-33-26-31(22-25-34(33)35(32)36)21-20-30-18-16-29(17-19-30)15-14-28-12-10-27(4-2)11-13-28/h4,16-19,22-28H,2-3,5-15H2,1H3. The molecule has 3 aromatic carbocycles. The van der Waals surface area contributed by atoms with E-state index in [9.17, 15) is 0 Å². The van der Waals surface area contributed by atoms with Crippen LogP contribution in [0.2, 0.25) is 0 Å². The van der Waals surface area contributed by atoms with Crippen LogP contribution in [-0.4, -0.2) is 0 Å². The van der Waals surface area contributed by atoms with Gasteiger partial charge in [-0.1, -0.05) is 80.9 Å². The smallest absolute Gasteiger partial charge is 0.134 e. The molecule has 0 heterocycles. The number of hydrogen-bond donors (Lipinski definition) is 0. The summed E-state index contributed by atoms with van der Waals surface area (Å²) in [6.45, 7) is 6.17. The molecule has 1 heteroatoms. The summed E-state index contributed by atoms with van der Waals surface area (Å²) in [6, 6.07) is 18.5. The van der Waals surface area contributed by atoms with E-state index in [0.29, 0.717) is 5.39 Å². The van der Waals surface area contributed by atoms with Crippen LogP contribution in [0, 0.1) is 29.5 Å². The van der Waals surface area contributed by atoms with Crippen LogP contribution < -0.4 is 0 Å². The van der Waals surface area contributed by atoms with Crippen molar-refractivity contribution in [2.24, 2.45) is 11.8 Å². The number of hydrogen-bond acceptors (Lipinski definition) is 0. The van der Waals surface area contributed by atoms with E-state index < -0.39 is 0 Å². The third-order valence-electron chi connectivity index (χ3n) is 7.95. The summed E-state index contributed by atoms with van der Waals surface area (Å²) < 4.78 is 15.0. The van der Waals surface area contributed by atoms with E-state index in [1.165, 1.54) is 63.4 Å². The van der Waals surface area contributed by atoms with E-state index in [1.807, 2.05) is 30.3 Å². The fraction of sp³-hybridized carbons (Fsp3) is 0.429. The largest absolute Gasteiger partial charge is 0.206 e. The summed E-state index contributed by atoms with van der Waals surface area (Å²) in [7, 11) is 0. The average molecular weight is 481 g/mol. The van der Waals surface area contributed by atoms with E-state index in [2.05, 4.69) is 55.7 Å². The second-order valence-electron chi connectivity index (χ2n) is 10.6. The maximum absolute atomic E-state index is 15.0. The summed E-state index contributed by atoms with van der Waals surface area (Å²) in [6.07, 6.45) is 16.7. The Morgan fingerprint density at radius 3 is 2.31 bits per heavy atom. The zero-order valence-electron chi connectivity index (χ0n) is 22.0. The molecule has 0 N–H and O–H groups in total. The lowest BCUT2D eigenvalue weighted by atomic mass is 9.79. The maximum atomic E-state index is 15.0. The van der Waals surface area contributed by atoms with Gasteiger partial charge in [0.1, 0.15) is 5.82 Å². The van der Waals surface area contributed by atoms with Gasteiger partial charge in [0.05, 0.1) is 0 Å². The molecule has 36 heavy (non-hydrogen) atoms. The lowest BCUT2D eigenvalue weighted by Crippen LogP contribution is -2.13. The molecule has 0 atom stereocenters. The molecule has 0 unspecified atom stereocenters. The molecule has 1 saturated carbocycles. The zero-order chi connectivity index (χ0) is 25.2. The minimum Gasteiger partial charge on any atom is -0.206 e. The first-order valence-corrected chi connectivity index (χ1v) is 14.1. The Morgan fingerprint density at radius 1 is 0.833 bits per heavy atom. The van der Waals surface area contributed by atoms with Crippen LogP contribution in [0.3, 0.4) is 0 Å². The first-order valence-electron chi connectivity index (χ1n) is 14.1. The van der Waals surface area contributed by atoms with Gasteiger partial charge in [0.25, 0.3) is 0 Å². The fourth-order valence-corrected chi connectivity index (χ4v) is 5.51. The summed E-state index contributed by atoms with van der Waals surface area (Å²) in [4.78, 5) is 0. The molecule has 1 fully saturated rings. The predicted molar refractivity (Wildman–Crippen MR) is 153 cm³/mol. The van der Waals surface area contributed by atoms with Gasteiger partial charge >= 0.3 is 0 Å². The van der Waals surface area contributed by atoms with E-state index >= 15 is 4.39 Å². The average Bonchev–Trinajstić information content (AvgIpc) is 2.92. The first-order chi connectivity index (χ1) is 17.7. The molecule has 0 spiro atoms. The minimum absolute atomic E-state index is 0.0631. The maximum Gasteiger partial charge on any atom is 0.134 e. The zero-order valence-corrected chi connectivity index (χ0v) is 22.0. The van der Waals surface area contributed by atoms with Crippen molar-refractivity contribution in [3.8, 4) is 11.8 Å². The van der Waals surface area contributed by atoms with Crippen molar-refractivity contribution >= 4 is 10.8 Å².